The van der Waals surface area contributed by atoms with Gasteiger partial charge in [0.15, 0.2) is 4.32 Å². The average Bonchev–Trinajstić information content (AvgIpc) is 2.26. The Labute approximate surface area is 101 Å². The van der Waals surface area contributed by atoms with Crippen molar-refractivity contribution in [2.24, 2.45) is 5.84 Å². The van der Waals surface area contributed by atoms with Crippen molar-refractivity contribution in [2.45, 2.75) is 19.6 Å². The Morgan fingerprint density at radius 1 is 1.40 bits per heavy atom. The molecule has 0 atom stereocenters. The number of nitrogens with two attached hydrogens (primary N) is 1. The summed E-state index contributed by atoms with van der Waals surface area (Å²) in [5.41, 5.74) is 2.55. The van der Waals surface area contributed by atoms with Crippen LogP contribution in [0.25, 0.3) is 0 Å². The van der Waals surface area contributed by atoms with Crippen LogP contribution in [-0.2, 0) is 5.75 Å². The normalized spacial score (nSPS) is 10.1. The van der Waals surface area contributed by atoms with Gasteiger partial charge in [0.05, 0.1) is 0 Å². The Morgan fingerprint density at radius 2 is 2.00 bits per heavy atom. The van der Waals surface area contributed by atoms with Crippen LogP contribution in [0.15, 0.2) is 24.3 Å². The third-order valence-corrected chi connectivity index (χ3v) is 3.61. The standard InChI is InChI=1S/C11H16N2S2/c1-3-13(12)11(14)15-8-10-6-4-9(2)5-7-10/h4-7H,3,8,12H2,1-2H3. The van der Waals surface area contributed by atoms with Crippen LogP contribution in [0.1, 0.15) is 18.1 Å². The van der Waals surface area contributed by atoms with Gasteiger partial charge >= 0.3 is 0 Å². The van der Waals surface area contributed by atoms with Gasteiger partial charge in [-0.3, -0.25) is 5.01 Å². The van der Waals surface area contributed by atoms with Crippen LogP contribution in [0.5, 0.6) is 0 Å². The molecule has 0 aromatic heterocycles. The minimum Gasteiger partial charge on any atom is -0.296 e. The molecule has 0 unspecified atom stereocenters. The first-order valence-electron chi connectivity index (χ1n) is 4.88. The third-order valence-electron chi connectivity index (χ3n) is 2.06. The number of hydrogen-bond acceptors (Lipinski definition) is 3. The number of thioether (sulfide) groups is 1. The molecule has 0 radical (unpaired) electrons. The number of aryl methyl sites for hydroxylation is 1. The van der Waals surface area contributed by atoms with Crippen molar-refractivity contribution in [3.63, 3.8) is 0 Å². The van der Waals surface area contributed by atoms with Gasteiger partial charge in [0, 0.05) is 12.3 Å². The van der Waals surface area contributed by atoms with Crippen molar-refractivity contribution in [2.75, 3.05) is 6.54 Å². The zero-order valence-electron chi connectivity index (χ0n) is 9.06. The average molecular weight is 240 g/mol. The molecule has 2 nitrogen and oxygen atoms in total. The van der Waals surface area contributed by atoms with Crippen molar-refractivity contribution >= 4 is 28.3 Å². The largest absolute Gasteiger partial charge is 0.296 e. The van der Waals surface area contributed by atoms with Crippen molar-refractivity contribution in [1.29, 1.82) is 0 Å². The van der Waals surface area contributed by atoms with E-state index in [4.69, 9.17) is 18.1 Å². The van der Waals surface area contributed by atoms with Gasteiger partial charge in [0.2, 0.25) is 0 Å². The van der Waals surface area contributed by atoms with E-state index < -0.39 is 0 Å². The summed E-state index contributed by atoms with van der Waals surface area (Å²) < 4.78 is 0.748. The van der Waals surface area contributed by atoms with Crippen molar-refractivity contribution in [1.82, 2.24) is 5.01 Å². The van der Waals surface area contributed by atoms with E-state index in [2.05, 4.69) is 31.2 Å². The molecule has 0 aliphatic heterocycles. The second-order valence-corrected chi connectivity index (χ2v) is 4.94. The summed E-state index contributed by atoms with van der Waals surface area (Å²) in [7, 11) is 0. The molecule has 0 fully saturated rings. The number of hydrazine groups is 1. The highest BCUT2D eigenvalue weighted by Gasteiger charge is 2.03. The molecule has 0 heterocycles. The van der Waals surface area contributed by atoms with Crippen LogP contribution >= 0.6 is 24.0 Å². The van der Waals surface area contributed by atoms with Crippen molar-refractivity contribution < 1.29 is 0 Å². The fourth-order valence-electron chi connectivity index (χ4n) is 1.04. The maximum atomic E-state index is 5.68. The summed E-state index contributed by atoms with van der Waals surface area (Å²) in [6, 6.07) is 8.47. The Bertz CT molecular complexity index is 322. The van der Waals surface area contributed by atoms with Crippen LogP contribution in [0.3, 0.4) is 0 Å². The van der Waals surface area contributed by atoms with Crippen LogP contribution in [0.4, 0.5) is 0 Å². The van der Waals surface area contributed by atoms with E-state index >= 15 is 0 Å². The van der Waals surface area contributed by atoms with Gasteiger partial charge in [0.1, 0.15) is 0 Å². The zero-order valence-corrected chi connectivity index (χ0v) is 10.7. The molecule has 82 valence electrons. The van der Waals surface area contributed by atoms with Crippen LogP contribution in [0.2, 0.25) is 0 Å². The second kappa shape index (κ2) is 6.10. The van der Waals surface area contributed by atoms with E-state index in [9.17, 15) is 0 Å². The molecule has 2 N–H and O–H groups in total. The van der Waals surface area contributed by atoms with Crippen LogP contribution < -0.4 is 5.84 Å². The number of thiocarbonyl (C=S) groups is 1. The number of benzene rings is 1. The lowest BCUT2D eigenvalue weighted by atomic mass is 10.2. The molecule has 0 bridgehead atoms. The Hall–Kier alpha value is -0.580. The summed E-state index contributed by atoms with van der Waals surface area (Å²) in [5, 5.41) is 1.59. The van der Waals surface area contributed by atoms with E-state index in [0.29, 0.717) is 0 Å². The summed E-state index contributed by atoms with van der Waals surface area (Å²) in [4.78, 5) is 0. The highest BCUT2D eigenvalue weighted by atomic mass is 32.2. The molecule has 4 heteroatoms. The van der Waals surface area contributed by atoms with E-state index in [-0.39, 0.29) is 0 Å². The van der Waals surface area contributed by atoms with Crippen molar-refractivity contribution in [3.05, 3.63) is 35.4 Å². The molecule has 0 aliphatic carbocycles. The molecule has 0 aliphatic rings. The lowest BCUT2D eigenvalue weighted by Gasteiger charge is -2.16. The minimum absolute atomic E-state index is 0.748. The SMILES string of the molecule is CCN(N)C(=S)SCc1ccc(C)cc1. The summed E-state index contributed by atoms with van der Waals surface area (Å²) >= 11 is 6.77. The van der Waals surface area contributed by atoms with Crippen LogP contribution in [-0.4, -0.2) is 15.9 Å². The summed E-state index contributed by atoms with van der Waals surface area (Å²) in [5.74, 6) is 6.56. The predicted molar refractivity (Wildman–Crippen MR) is 71.6 cm³/mol. The Balaban J connectivity index is 2.43. The maximum absolute atomic E-state index is 5.68. The Morgan fingerprint density at radius 3 is 2.53 bits per heavy atom. The monoisotopic (exact) mass is 240 g/mol. The van der Waals surface area contributed by atoms with Gasteiger partial charge in [-0.15, -0.1) is 0 Å². The lowest BCUT2D eigenvalue weighted by Crippen LogP contribution is -2.33. The van der Waals surface area contributed by atoms with Crippen molar-refractivity contribution in [3.8, 4) is 0 Å². The van der Waals surface area contributed by atoms with Gasteiger partial charge < -0.3 is 0 Å². The molecule has 0 saturated carbocycles. The molecule has 0 amide bonds. The number of nitrogens with zero attached hydrogens (tertiary/aromatic N) is 1. The van der Waals surface area contributed by atoms with E-state index in [1.807, 2.05) is 6.92 Å². The zero-order chi connectivity index (χ0) is 11.3. The van der Waals surface area contributed by atoms with Crippen LogP contribution in [0, 0.1) is 6.92 Å². The summed E-state index contributed by atoms with van der Waals surface area (Å²) in [6.07, 6.45) is 0. The first-order valence-corrected chi connectivity index (χ1v) is 6.27. The van der Waals surface area contributed by atoms with E-state index in [0.717, 1.165) is 16.6 Å². The van der Waals surface area contributed by atoms with Gasteiger partial charge in [-0.2, -0.15) is 0 Å². The quantitative estimate of drug-likeness (QED) is 0.500. The van der Waals surface area contributed by atoms with Gasteiger partial charge in [-0.25, -0.2) is 5.84 Å². The molecule has 1 aromatic carbocycles. The first-order chi connectivity index (χ1) is 7.13. The molecule has 15 heavy (non-hydrogen) atoms. The van der Waals surface area contributed by atoms with Gasteiger partial charge in [-0.05, 0) is 19.4 Å². The molecular formula is C11H16N2S2. The first kappa shape index (κ1) is 12.5. The highest BCUT2D eigenvalue weighted by Crippen LogP contribution is 2.15. The topological polar surface area (TPSA) is 29.3 Å². The third kappa shape index (κ3) is 4.20. The smallest absolute Gasteiger partial charge is 0.150 e. The molecule has 1 rings (SSSR count). The predicted octanol–water partition coefficient (Wildman–Crippen LogP) is 2.71. The highest BCUT2D eigenvalue weighted by molar-refractivity contribution is 8.22. The fourth-order valence-corrected chi connectivity index (χ4v) is 2.12. The second-order valence-electron chi connectivity index (χ2n) is 3.33. The molecular weight excluding hydrogens is 224 g/mol. The van der Waals surface area contributed by atoms with Gasteiger partial charge in [-0.1, -0.05) is 53.8 Å². The van der Waals surface area contributed by atoms with E-state index in [1.54, 1.807) is 16.8 Å². The number of hydrogen-bond donors (Lipinski definition) is 1. The van der Waals surface area contributed by atoms with Gasteiger partial charge in [0.25, 0.3) is 0 Å². The number of rotatable bonds is 3. The Kier molecular flexibility index (Phi) is 5.08. The molecule has 1 aromatic rings. The molecule has 0 saturated heterocycles. The summed E-state index contributed by atoms with van der Waals surface area (Å²) in [6.45, 7) is 4.82. The van der Waals surface area contributed by atoms with E-state index in [1.165, 1.54) is 11.1 Å². The maximum Gasteiger partial charge on any atom is 0.150 e. The molecule has 0 spiro atoms. The fraction of sp³-hybridized carbons (Fsp3) is 0.364. The lowest BCUT2D eigenvalue weighted by molar-refractivity contribution is 0.483. The minimum atomic E-state index is 0.748.